The number of benzene rings is 1. The molecule has 1 atom stereocenters. The lowest BCUT2D eigenvalue weighted by Gasteiger charge is -2.15. The molecular weight excluding hydrogens is 244 g/mol. The van der Waals surface area contributed by atoms with Crippen LogP contribution in [0.25, 0.3) is 0 Å². The highest BCUT2D eigenvalue weighted by atomic mass is 35.5. The highest BCUT2D eigenvalue weighted by Gasteiger charge is 2.21. The van der Waals surface area contributed by atoms with Gasteiger partial charge < -0.3 is 0 Å². The Kier molecular flexibility index (Phi) is 3.13. The zero-order chi connectivity index (χ0) is 12.5. The van der Waals surface area contributed by atoms with Gasteiger partial charge in [-0.25, -0.2) is 0 Å². The van der Waals surface area contributed by atoms with Gasteiger partial charge in [0.15, 0.2) is 0 Å². The highest BCUT2D eigenvalue weighted by Crippen LogP contribution is 2.31. The summed E-state index contributed by atoms with van der Waals surface area (Å²) in [5.74, 6) is 0.334. The Morgan fingerprint density at radius 1 is 1.17 bits per heavy atom. The average Bonchev–Trinajstić information content (AvgIpc) is 2.82. The fourth-order valence-electron chi connectivity index (χ4n) is 2.77. The molecule has 0 spiro atoms. The molecule has 18 heavy (non-hydrogen) atoms. The second-order valence-electron chi connectivity index (χ2n) is 5.05. The number of nitrogens with zero attached hydrogens (tertiary/aromatic N) is 1. The van der Waals surface area contributed by atoms with Crippen LogP contribution in [0.4, 0.5) is 0 Å². The molecular formula is C15H17ClN2. The van der Waals surface area contributed by atoms with E-state index in [0.29, 0.717) is 5.92 Å². The van der Waals surface area contributed by atoms with Crippen LogP contribution in [0.3, 0.4) is 0 Å². The Labute approximate surface area is 112 Å². The van der Waals surface area contributed by atoms with Gasteiger partial charge in [0.25, 0.3) is 0 Å². The van der Waals surface area contributed by atoms with E-state index in [4.69, 9.17) is 11.6 Å². The second kappa shape index (κ2) is 4.77. The van der Waals surface area contributed by atoms with Crippen molar-refractivity contribution in [2.24, 2.45) is 0 Å². The Hall–Kier alpha value is -1.28. The largest absolute Gasteiger partial charge is 0.282 e. The van der Waals surface area contributed by atoms with Crippen molar-refractivity contribution in [2.45, 2.75) is 38.5 Å². The van der Waals surface area contributed by atoms with Crippen LogP contribution in [0.5, 0.6) is 0 Å². The molecule has 0 amide bonds. The molecule has 1 aliphatic rings. The third-order valence-corrected chi connectivity index (χ3v) is 4.12. The first-order valence-electron chi connectivity index (χ1n) is 6.57. The third-order valence-electron chi connectivity index (χ3n) is 3.87. The number of H-pyrrole nitrogens is 1. The number of fused-ring (bicyclic) bond motifs is 1. The first-order valence-corrected chi connectivity index (χ1v) is 6.95. The van der Waals surface area contributed by atoms with Crippen molar-refractivity contribution in [1.82, 2.24) is 10.2 Å². The highest BCUT2D eigenvalue weighted by molar-refractivity contribution is 6.30. The summed E-state index contributed by atoms with van der Waals surface area (Å²) in [5.41, 5.74) is 5.28. The zero-order valence-electron chi connectivity index (χ0n) is 10.5. The number of aromatic nitrogens is 2. The van der Waals surface area contributed by atoms with Gasteiger partial charge >= 0.3 is 0 Å². The summed E-state index contributed by atoms with van der Waals surface area (Å²) in [6.07, 6.45) is 4.88. The van der Waals surface area contributed by atoms with Crippen molar-refractivity contribution < 1.29 is 0 Å². The molecule has 1 heterocycles. The normalized spacial score (nSPS) is 16.3. The van der Waals surface area contributed by atoms with Crippen LogP contribution in [-0.4, -0.2) is 10.2 Å². The predicted octanol–water partition coefficient (Wildman–Crippen LogP) is 4.09. The molecule has 1 aromatic carbocycles. The van der Waals surface area contributed by atoms with Crippen molar-refractivity contribution >= 4 is 11.6 Å². The number of hydrogen-bond donors (Lipinski definition) is 1. The maximum absolute atomic E-state index is 5.93. The molecule has 1 aliphatic carbocycles. The lowest BCUT2D eigenvalue weighted by Crippen LogP contribution is -2.05. The smallest absolute Gasteiger partial charge is 0.0728 e. The maximum Gasteiger partial charge on any atom is 0.0728 e. The summed E-state index contributed by atoms with van der Waals surface area (Å²) >= 11 is 5.93. The molecule has 0 saturated heterocycles. The minimum Gasteiger partial charge on any atom is -0.282 e. The Morgan fingerprint density at radius 2 is 1.89 bits per heavy atom. The van der Waals surface area contributed by atoms with Gasteiger partial charge in [0.05, 0.1) is 5.69 Å². The van der Waals surface area contributed by atoms with Crippen molar-refractivity contribution in [3.8, 4) is 0 Å². The number of aryl methyl sites for hydroxylation is 1. The van der Waals surface area contributed by atoms with Crippen molar-refractivity contribution in [2.75, 3.05) is 0 Å². The van der Waals surface area contributed by atoms with Gasteiger partial charge in [0, 0.05) is 16.6 Å². The molecule has 2 aromatic rings. The van der Waals surface area contributed by atoms with E-state index < -0.39 is 0 Å². The molecule has 1 aromatic heterocycles. The molecule has 2 nitrogen and oxygen atoms in total. The van der Waals surface area contributed by atoms with Gasteiger partial charge in [0.2, 0.25) is 0 Å². The molecule has 0 aliphatic heterocycles. The fraction of sp³-hybridized carbons (Fsp3) is 0.400. The van der Waals surface area contributed by atoms with Gasteiger partial charge in [-0.3, -0.25) is 5.10 Å². The standard InChI is InChI=1S/C15H17ClN2/c1-10(11-6-8-12(16)9-7-11)15-13-4-2-3-5-14(13)17-18-15/h6-10H,2-5H2,1H3,(H,17,18). The molecule has 1 unspecified atom stereocenters. The summed E-state index contributed by atoms with van der Waals surface area (Å²) in [5, 5.41) is 8.54. The van der Waals surface area contributed by atoms with E-state index >= 15 is 0 Å². The van der Waals surface area contributed by atoms with Gasteiger partial charge in [-0.1, -0.05) is 30.7 Å². The fourth-order valence-corrected chi connectivity index (χ4v) is 2.90. The van der Waals surface area contributed by atoms with Gasteiger partial charge in [-0.15, -0.1) is 0 Å². The van der Waals surface area contributed by atoms with Gasteiger partial charge in [-0.05, 0) is 48.9 Å². The molecule has 3 rings (SSSR count). The van der Waals surface area contributed by atoms with Crippen LogP contribution in [0.1, 0.15) is 48.2 Å². The summed E-state index contributed by atoms with van der Waals surface area (Å²) in [6, 6.07) is 8.09. The number of halogens is 1. The number of hydrogen-bond acceptors (Lipinski definition) is 1. The Balaban J connectivity index is 1.94. The average molecular weight is 261 g/mol. The minimum atomic E-state index is 0.334. The van der Waals surface area contributed by atoms with E-state index in [1.807, 2.05) is 12.1 Å². The molecule has 0 radical (unpaired) electrons. The lowest BCUT2D eigenvalue weighted by molar-refractivity contribution is 0.670. The van der Waals surface area contributed by atoms with Gasteiger partial charge in [-0.2, -0.15) is 5.10 Å². The van der Waals surface area contributed by atoms with Crippen LogP contribution >= 0.6 is 11.6 Å². The second-order valence-corrected chi connectivity index (χ2v) is 5.48. The summed E-state index contributed by atoms with van der Waals surface area (Å²) < 4.78 is 0. The quantitative estimate of drug-likeness (QED) is 0.866. The number of nitrogens with one attached hydrogen (secondary N) is 1. The topological polar surface area (TPSA) is 28.7 Å². The molecule has 0 fully saturated rings. The van der Waals surface area contributed by atoms with Crippen molar-refractivity contribution in [3.63, 3.8) is 0 Å². The molecule has 0 saturated carbocycles. The SMILES string of the molecule is CC(c1ccc(Cl)cc1)c1n[nH]c2c1CCCC2. The number of aromatic amines is 1. The van der Waals surface area contributed by atoms with E-state index in [0.717, 1.165) is 11.4 Å². The van der Waals surface area contributed by atoms with E-state index in [9.17, 15) is 0 Å². The zero-order valence-corrected chi connectivity index (χ0v) is 11.3. The summed E-state index contributed by atoms with van der Waals surface area (Å²) in [7, 11) is 0. The lowest BCUT2D eigenvalue weighted by atomic mass is 9.89. The van der Waals surface area contributed by atoms with E-state index in [2.05, 4.69) is 29.3 Å². The van der Waals surface area contributed by atoms with Crippen LogP contribution in [0.2, 0.25) is 5.02 Å². The first-order chi connectivity index (χ1) is 8.75. The van der Waals surface area contributed by atoms with E-state index in [1.54, 1.807) is 0 Å². The van der Waals surface area contributed by atoms with E-state index in [1.165, 1.54) is 41.8 Å². The molecule has 0 bridgehead atoms. The third kappa shape index (κ3) is 2.05. The van der Waals surface area contributed by atoms with Crippen LogP contribution in [0, 0.1) is 0 Å². The molecule has 94 valence electrons. The van der Waals surface area contributed by atoms with Crippen molar-refractivity contribution in [1.29, 1.82) is 0 Å². The van der Waals surface area contributed by atoms with Gasteiger partial charge in [0.1, 0.15) is 0 Å². The molecule has 1 N–H and O–H groups in total. The summed E-state index contributed by atoms with van der Waals surface area (Å²) in [4.78, 5) is 0. The Bertz CT molecular complexity index is 542. The van der Waals surface area contributed by atoms with Crippen LogP contribution < -0.4 is 0 Å². The van der Waals surface area contributed by atoms with Crippen LogP contribution in [0.15, 0.2) is 24.3 Å². The Morgan fingerprint density at radius 3 is 2.67 bits per heavy atom. The van der Waals surface area contributed by atoms with Crippen molar-refractivity contribution in [3.05, 3.63) is 51.8 Å². The number of rotatable bonds is 2. The minimum absolute atomic E-state index is 0.334. The summed E-state index contributed by atoms with van der Waals surface area (Å²) in [6.45, 7) is 2.22. The van der Waals surface area contributed by atoms with E-state index in [-0.39, 0.29) is 0 Å². The monoisotopic (exact) mass is 260 g/mol. The van der Waals surface area contributed by atoms with Crippen LogP contribution in [-0.2, 0) is 12.8 Å². The first kappa shape index (κ1) is 11.8. The predicted molar refractivity (Wildman–Crippen MR) is 74.2 cm³/mol. The maximum atomic E-state index is 5.93. The molecule has 3 heteroatoms.